The first kappa shape index (κ1) is 11.7. The van der Waals surface area contributed by atoms with Crippen molar-refractivity contribution in [2.75, 3.05) is 5.32 Å². The molecule has 1 N–H and O–H groups in total. The summed E-state index contributed by atoms with van der Waals surface area (Å²) in [6, 6.07) is 9.29. The van der Waals surface area contributed by atoms with Gasteiger partial charge in [0.1, 0.15) is 0 Å². The normalized spacial score (nSPS) is 22.3. The van der Waals surface area contributed by atoms with Gasteiger partial charge in [0.15, 0.2) is 0 Å². The Balaban J connectivity index is 1.76. The number of nitrogens with zero attached hydrogens (tertiary/aromatic N) is 1. The number of benzene rings is 1. The molecule has 0 spiro atoms. The van der Waals surface area contributed by atoms with E-state index in [0.29, 0.717) is 12.0 Å². The quantitative estimate of drug-likeness (QED) is 0.898. The second kappa shape index (κ2) is 5.11. The molecule has 0 amide bonds. The Labute approximate surface area is 112 Å². The van der Waals surface area contributed by atoms with E-state index in [9.17, 15) is 0 Å². The lowest BCUT2D eigenvalue weighted by Gasteiger charge is -2.31. The number of anilines is 1. The van der Waals surface area contributed by atoms with Gasteiger partial charge in [0.2, 0.25) is 0 Å². The highest BCUT2D eigenvalue weighted by Gasteiger charge is 2.23. The lowest BCUT2D eigenvalue weighted by atomic mass is 9.84. The van der Waals surface area contributed by atoms with Crippen LogP contribution < -0.4 is 5.32 Å². The first-order chi connectivity index (χ1) is 8.83. The van der Waals surface area contributed by atoms with Crippen molar-refractivity contribution >= 4 is 17.0 Å². The van der Waals surface area contributed by atoms with E-state index < -0.39 is 0 Å². The molecule has 0 saturated heterocycles. The number of para-hydroxylation sites is 1. The molecule has 2 unspecified atom stereocenters. The molecule has 1 aliphatic rings. The van der Waals surface area contributed by atoms with E-state index in [4.69, 9.17) is 0 Å². The molecular formula is C15H18N2S. The highest BCUT2D eigenvalue weighted by molar-refractivity contribution is 7.09. The first-order valence-corrected chi connectivity index (χ1v) is 7.44. The van der Waals surface area contributed by atoms with E-state index in [0.717, 1.165) is 6.42 Å². The molecule has 18 heavy (non-hydrogen) atoms. The minimum Gasteiger partial charge on any atom is -0.382 e. The lowest BCUT2D eigenvalue weighted by molar-refractivity contribution is 0.521. The van der Waals surface area contributed by atoms with Crippen molar-refractivity contribution in [3.8, 4) is 0 Å². The maximum absolute atomic E-state index is 4.38. The summed E-state index contributed by atoms with van der Waals surface area (Å²) >= 11 is 1.77. The summed E-state index contributed by atoms with van der Waals surface area (Å²) in [5.74, 6) is 0.668. The van der Waals surface area contributed by atoms with Crippen LogP contribution in [0.25, 0.3) is 0 Å². The molecule has 0 radical (unpaired) electrons. The van der Waals surface area contributed by atoms with Crippen molar-refractivity contribution in [1.82, 2.24) is 4.98 Å². The van der Waals surface area contributed by atoms with Crippen LogP contribution in [-0.2, 0) is 6.42 Å². The molecule has 0 fully saturated rings. The Bertz CT molecular complexity index is 507. The molecular weight excluding hydrogens is 240 g/mol. The van der Waals surface area contributed by atoms with Gasteiger partial charge in [0, 0.05) is 23.3 Å². The summed E-state index contributed by atoms with van der Waals surface area (Å²) in [5, 5.41) is 6.90. The fraction of sp³-hybridized carbons (Fsp3) is 0.400. The number of hydrogen-bond acceptors (Lipinski definition) is 3. The van der Waals surface area contributed by atoms with Crippen molar-refractivity contribution in [3.63, 3.8) is 0 Å². The Kier molecular flexibility index (Phi) is 3.33. The predicted octanol–water partition coefficient (Wildman–Crippen LogP) is 4.06. The van der Waals surface area contributed by atoms with Crippen LogP contribution >= 0.6 is 11.3 Å². The average molecular weight is 258 g/mol. The molecule has 2 heterocycles. The van der Waals surface area contributed by atoms with E-state index in [2.05, 4.69) is 46.9 Å². The van der Waals surface area contributed by atoms with Gasteiger partial charge in [0.05, 0.1) is 5.01 Å². The number of aryl methyl sites for hydroxylation is 1. The van der Waals surface area contributed by atoms with Crippen LogP contribution in [0.15, 0.2) is 35.8 Å². The highest BCUT2D eigenvalue weighted by Crippen LogP contribution is 2.36. The van der Waals surface area contributed by atoms with E-state index in [1.807, 2.05) is 6.20 Å². The maximum Gasteiger partial charge on any atom is 0.0925 e. The zero-order chi connectivity index (χ0) is 12.4. The molecule has 1 aliphatic heterocycles. The average Bonchev–Trinajstić information content (AvgIpc) is 2.89. The van der Waals surface area contributed by atoms with Crippen LogP contribution in [0.4, 0.5) is 5.69 Å². The molecule has 0 bridgehead atoms. The molecule has 1 aromatic heterocycles. The lowest BCUT2D eigenvalue weighted by Crippen LogP contribution is -2.25. The van der Waals surface area contributed by atoms with Gasteiger partial charge in [-0.3, -0.25) is 0 Å². The SMILES string of the molecule is CC1CC(CCc2nccs2)c2ccccc2N1. The van der Waals surface area contributed by atoms with Crippen molar-refractivity contribution in [2.45, 2.75) is 38.1 Å². The number of thiazole rings is 1. The predicted molar refractivity (Wildman–Crippen MR) is 77.3 cm³/mol. The minimum atomic E-state index is 0.571. The summed E-state index contributed by atoms with van der Waals surface area (Å²) in [5.41, 5.74) is 2.80. The Morgan fingerprint density at radius 3 is 3.11 bits per heavy atom. The van der Waals surface area contributed by atoms with E-state index in [1.165, 1.54) is 29.1 Å². The van der Waals surface area contributed by atoms with Crippen molar-refractivity contribution < 1.29 is 0 Å². The molecule has 0 aliphatic carbocycles. The summed E-state index contributed by atoms with van der Waals surface area (Å²) in [7, 11) is 0. The van der Waals surface area contributed by atoms with Crippen LogP contribution in [0.1, 0.15) is 36.3 Å². The molecule has 94 valence electrons. The topological polar surface area (TPSA) is 24.9 Å². The van der Waals surface area contributed by atoms with Gasteiger partial charge >= 0.3 is 0 Å². The van der Waals surface area contributed by atoms with Gasteiger partial charge in [-0.1, -0.05) is 18.2 Å². The Morgan fingerprint density at radius 2 is 2.28 bits per heavy atom. The summed E-state index contributed by atoms with van der Waals surface area (Å²) in [6.07, 6.45) is 5.43. The summed E-state index contributed by atoms with van der Waals surface area (Å²) in [4.78, 5) is 4.38. The fourth-order valence-electron chi connectivity index (χ4n) is 2.81. The van der Waals surface area contributed by atoms with Crippen LogP contribution in [0.5, 0.6) is 0 Å². The zero-order valence-corrected chi connectivity index (χ0v) is 11.4. The van der Waals surface area contributed by atoms with E-state index >= 15 is 0 Å². The monoisotopic (exact) mass is 258 g/mol. The van der Waals surface area contributed by atoms with Gasteiger partial charge in [-0.05, 0) is 43.7 Å². The molecule has 3 rings (SSSR count). The van der Waals surface area contributed by atoms with Gasteiger partial charge in [-0.2, -0.15) is 0 Å². The standard InChI is InChI=1S/C15H18N2S/c1-11-10-12(6-7-15-16-8-9-18-15)13-4-2-3-5-14(13)17-11/h2-5,8-9,11-12,17H,6-7,10H2,1H3. The van der Waals surface area contributed by atoms with Gasteiger partial charge in [0.25, 0.3) is 0 Å². The van der Waals surface area contributed by atoms with E-state index in [1.54, 1.807) is 11.3 Å². The molecule has 2 atom stereocenters. The van der Waals surface area contributed by atoms with Crippen molar-refractivity contribution in [2.24, 2.45) is 0 Å². The molecule has 2 nitrogen and oxygen atoms in total. The second-order valence-electron chi connectivity index (χ2n) is 5.03. The highest BCUT2D eigenvalue weighted by atomic mass is 32.1. The van der Waals surface area contributed by atoms with Gasteiger partial charge in [-0.15, -0.1) is 11.3 Å². The smallest absolute Gasteiger partial charge is 0.0925 e. The second-order valence-corrected chi connectivity index (χ2v) is 6.01. The number of aromatic nitrogens is 1. The maximum atomic E-state index is 4.38. The summed E-state index contributed by atoms with van der Waals surface area (Å²) < 4.78 is 0. The molecule has 3 heteroatoms. The third-order valence-corrected chi connectivity index (χ3v) is 4.47. The van der Waals surface area contributed by atoms with Crippen molar-refractivity contribution in [1.29, 1.82) is 0 Å². The molecule has 1 aromatic carbocycles. The fourth-order valence-corrected chi connectivity index (χ4v) is 3.45. The third kappa shape index (κ3) is 2.41. The van der Waals surface area contributed by atoms with E-state index in [-0.39, 0.29) is 0 Å². The molecule has 2 aromatic rings. The van der Waals surface area contributed by atoms with Crippen LogP contribution in [0.2, 0.25) is 0 Å². The van der Waals surface area contributed by atoms with Crippen molar-refractivity contribution in [3.05, 3.63) is 46.4 Å². The molecule has 0 saturated carbocycles. The van der Waals surface area contributed by atoms with Crippen LogP contribution in [-0.4, -0.2) is 11.0 Å². The minimum absolute atomic E-state index is 0.571. The number of rotatable bonds is 3. The third-order valence-electron chi connectivity index (χ3n) is 3.63. The largest absolute Gasteiger partial charge is 0.382 e. The van der Waals surface area contributed by atoms with Crippen LogP contribution in [0.3, 0.4) is 0 Å². The summed E-state index contributed by atoms with van der Waals surface area (Å²) in [6.45, 7) is 2.27. The zero-order valence-electron chi connectivity index (χ0n) is 10.6. The van der Waals surface area contributed by atoms with Crippen LogP contribution in [0, 0.1) is 0 Å². The van der Waals surface area contributed by atoms with Gasteiger partial charge in [-0.25, -0.2) is 4.98 Å². The Morgan fingerprint density at radius 1 is 1.39 bits per heavy atom. The number of fused-ring (bicyclic) bond motifs is 1. The number of hydrogen-bond donors (Lipinski definition) is 1. The Hall–Kier alpha value is -1.35. The van der Waals surface area contributed by atoms with Gasteiger partial charge < -0.3 is 5.32 Å². The number of nitrogens with one attached hydrogen (secondary N) is 1. The first-order valence-electron chi connectivity index (χ1n) is 6.57.